The number of benzene rings is 3. The molecule has 0 saturated carbocycles. The number of hydrogen-bond donors (Lipinski definition) is 1. The largest absolute Gasteiger partial charge is 0.755 e. The lowest BCUT2D eigenvalue weighted by atomic mass is 10.1. The Hall–Kier alpha value is -3.05. The predicted molar refractivity (Wildman–Crippen MR) is 134 cm³/mol. The fourth-order valence-electron chi connectivity index (χ4n) is 3.12. The first-order valence-electron chi connectivity index (χ1n) is 9.61. The Morgan fingerprint density at radius 3 is 2.52 bits per heavy atom. The quantitative estimate of drug-likeness (QED) is 0.299. The average molecular weight is 543 g/mol. The van der Waals surface area contributed by atoms with Crippen LogP contribution in [0.25, 0.3) is 11.3 Å². The van der Waals surface area contributed by atoms with Gasteiger partial charge in [0.15, 0.2) is 5.13 Å². The molecule has 0 aliphatic carbocycles. The highest BCUT2D eigenvalue weighted by molar-refractivity contribution is 9.10. The van der Waals surface area contributed by atoms with Gasteiger partial charge in [0.2, 0.25) is 0 Å². The number of carbonyl (C=O) groups is 1. The molecule has 33 heavy (non-hydrogen) atoms. The third-order valence-corrected chi connectivity index (χ3v) is 6.66. The van der Waals surface area contributed by atoms with Crippen LogP contribution in [-0.4, -0.2) is 26.8 Å². The van der Waals surface area contributed by atoms with Crippen LogP contribution in [0, 0.1) is 0 Å². The number of aromatic nitrogens is 1. The highest BCUT2D eigenvalue weighted by Gasteiger charge is 2.21. The summed E-state index contributed by atoms with van der Waals surface area (Å²) in [5.74, 6) is -0.0797. The number of halogens is 1. The van der Waals surface area contributed by atoms with E-state index in [9.17, 15) is 13.6 Å². The van der Waals surface area contributed by atoms with Gasteiger partial charge in [0.05, 0.1) is 41.0 Å². The van der Waals surface area contributed by atoms with E-state index >= 15 is 0 Å². The van der Waals surface area contributed by atoms with Gasteiger partial charge in [-0.15, -0.1) is 11.3 Å². The Bertz CT molecular complexity index is 1300. The minimum absolute atomic E-state index is 0.152. The molecular formula is C23H17BrN3O4S2-. The molecule has 1 N–H and O–H groups in total. The zero-order chi connectivity index (χ0) is 23.4. The SMILES string of the molecule is COc1ccc(C(=O)Nc2nc(-c3ccccc3)cs2)c(N(c2ccc(Br)cc2)S(=O)[O-])c1. The van der Waals surface area contributed by atoms with Gasteiger partial charge in [-0.3, -0.25) is 18.6 Å². The van der Waals surface area contributed by atoms with Gasteiger partial charge in [-0.25, -0.2) is 4.98 Å². The van der Waals surface area contributed by atoms with Crippen molar-refractivity contribution in [1.29, 1.82) is 0 Å². The topological polar surface area (TPSA) is 94.6 Å². The van der Waals surface area contributed by atoms with E-state index in [4.69, 9.17) is 4.74 Å². The fourth-order valence-corrected chi connectivity index (χ4v) is 4.70. The molecule has 0 spiro atoms. The van der Waals surface area contributed by atoms with Gasteiger partial charge < -0.3 is 9.29 Å². The van der Waals surface area contributed by atoms with Crippen molar-refractivity contribution in [3.05, 3.63) is 88.2 Å². The molecule has 7 nitrogen and oxygen atoms in total. The van der Waals surface area contributed by atoms with Crippen LogP contribution in [-0.2, 0) is 11.3 Å². The fraction of sp³-hybridized carbons (Fsp3) is 0.0435. The molecule has 4 rings (SSSR count). The molecule has 1 atom stereocenters. The van der Waals surface area contributed by atoms with Crippen LogP contribution in [0.4, 0.5) is 16.5 Å². The number of amides is 1. The van der Waals surface area contributed by atoms with E-state index < -0.39 is 17.2 Å². The number of methoxy groups -OCH3 is 1. The number of rotatable bonds is 7. The van der Waals surface area contributed by atoms with Crippen molar-refractivity contribution in [1.82, 2.24) is 4.98 Å². The van der Waals surface area contributed by atoms with Crippen LogP contribution in [0.5, 0.6) is 5.75 Å². The van der Waals surface area contributed by atoms with Crippen LogP contribution in [0.3, 0.4) is 0 Å². The first-order chi connectivity index (χ1) is 16.0. The van der Waals surface area contributed by atoms with E-state index in [1.165, 1.54) is 30.6 Å². The smallest absolute Gasteiger partial charge is 0.259 e. The normalized spacial score (nSPS) is 11.6. The van der Waals surface area contributed by atoms with Gasteiger partial charge >= 0.3 is 0 Å². The molecule has 0 aliphatic heterocycles. The molecule has 1 heterocycles. The van der Waals surface area contributed by atoms with E-state index in [1.807, 2.05) is 35.7 Å². The molecule has 168 valence electrons. The summed E-state index contributed by atoms with van der Waals surface area (Å²) >= 11 is 1.93. The molecule has 10 heteroatoms. The first kappa shape index (κ1) is 23.1. The molecule has 0 aliphatic rings. The van der Waals surface area contributed by atoms with Crippen LogP contribution >= 0.6 is 27.3 Å². The van der Waals surface area contributed by atoms with E-state index in [-0.39, 0.29) is 11.3 Å². The highest BCUT2D eigenvalue weighted by Crippen LogP contribution is 2.34. The van der Waals surface area contributed by atoms with Crippen molar-refractivity contribution >= 4 is 60.9 Å². The van der Waals surface area contributed by atoms with Crippen LogP contribution < -0.4 is 14.4 Å². The van der Waals surface area contributed by atoms with Crippen molar-refractivity contribution in [2.24, 2.45) is 0 Å². The molecule has 0 bridgehead atoms. The molecule has 1 amide bonds. The van der Waals surface area contributed by atoms with Crippen LogP contribution in [0.15, 0.2) is 82.6 Å². The van der Waals surface area contributed by atoms with Crippen molar-refractivity contribution < 1.29 is 18.3 Å². The Labute approximate surface area is 205 Å². The van der Waals surface area contributed by atoms with Gasteiger partial charge in [-0.1, -0.05) is 46.3 Å². The monoisotopic (exact) mass is 542 g/mol. The second-order valence-corrected chi connectivity index (χ2v) is 9.30. The lowest BCUT2D eigenvalue weighted by Gasteiger charge is -2.28. The summed E-state index contributed by atoms with van der Waals surface area (Å²) in [6, 6.07) is 20.9. The maximum absolute atomic E-state index is 13.2. The molecule has 1 unspecified atom stereocenters. The summed E-state index contributed by atoms with van der Waals surface area (Å²) in [5, 5.41) is 5.02. The lowest BCUT2D eigenvalue weighted by molar-refractivity contribution is 0.102. The predicted octanol–water partition coefficient (Wildman–Crippen LogP) is 5.77. The van der Waals surface area contributed by atoms with Crippen molar-refractivity contribution in [3.8, 4) is 17.0 Å². The number of thiazole rings is 1. The van der Waals surface area contributed by atoms with Gasteiger partial charge in [0.1, 0.15) is 5.75 Å². The summed E-state index contributed by atoms with van der Waals surface area (Å²) < 4.78 is 31.5. The second-order valence-electron chi connectivity index (χ2n) is 6.73. The molecule has 0 saturated heterocycles. The lowest BCUT2D eigenvalue weighted by Crippen LogP contribution is -2.23. The van der Waals surface area contributed by atoms with E-state index in [2.05, 4.69) is 26.2 Å². The Kier molecular flexibility index (Phi) is 7.19. The summed E-state index contributed by atoms with van der Waals surface area (Å²) in [5.41, 5.74) is 2.35. The zero-order valence-corrected chi connectivity index (χ0v) is 20.4. The van der Waals surface area contributed by atoms with Crippen molar-refractivity contribution in [2.45, 2.75) is 0 Å². The number of carbonyl (C=O) groups excluding carboxylic acids is 1. The van der Waals surface area contributed by atoms with E-state index in [0.717, 1.165) is 20.0 Å². The summed E-state index contributed by atoms with van der Waals surface area (Å²) in [6.07, 6.45) is 0. The summed E-state index contributed by atoms with van der Waals surface area (Å²) in [4.78, 5) is 17.7. The standard InChI is InChI=1S/C23H18BrN3O4S2/c1-31-18-11-12-19(21(13-18)27(33(29)30)17-9-7-16(24)8-10-17)22(28)26-23-25-20(14-32-23)15-5-3-2-4-6-15/h2-14H,1H3,(H,29,30)(H,25,26,28)/p-1. The molecule has 3 aromatic carbocycles. The van der Waals surface area contributed by atoms with Crippen LogP contribution in [0.1, 0.15) is 10.4 Å². The van der Waals surface area contributed by atoms with Gasteiger partial charge in [-0.05, 0) is 36.4 Å². The number of hydrogen-bond acceptors (Lipinski definition) is 6. The van der Waals surface area contributed by atoms with Gasteiger partial charge in [0.25, 0.3) is 5.91 Å². The number of ether oxygens (including phenoxy) is 1. The third-order valence-electron chi connectivity index (χ3n) is 4.67. The number of nitrogens with zero attached hydrogens (tertiary/aromatic N) is 2. The minimum atomic E-state index is -2.70. The van der Waals surface area contributed by atoms with Crippen molar-refractivity contribution in [3.63, 3.8) is 0 Å². The molecule has 4 aromatic rings. The molecule has 0 fully saturated rings. The minimum Gasteiger partial charge on any atom is -0.755 e. The van der Waals surface area contributed by atoms with Gasteiger partial charge in [0, 0.05) is 21.5 Å². The van der Waals surface area contributed by atoms with Crippen molar-refractivity contribution in [2.75, 3.05) is 16.7 Å². The molecule has 0 radical (unpaired) electrons. The average Bonchev–Trinajstić information content (AvgIpc) is 3.29. The molecule has 1 aromatic heterocycles. The summed E-state index contributed by atoms with van der Waals surface area (Å²) in [6.45, 7) is 0. The molecular weight excluding hydrogens is 526 g/mol. The maximum Gasteiger partial charge on any atom is 0.259 e. The Balaban J connectivity index is 1.69. The first-order valence-corrected chi connectivity index (χ1v) is 12.3. The van der Waals surface area contributed by atoms with Gasteiger partial charge in [-0.2, -0.15) is 0 Å². The number of anilines is 3. The van der Waals surface area contributed by atoms with E-state index in [0.29, 0.717) is 16.6 Å². The van der Waals surface area contributed by atoms with E-state index in [1.54, 1.807) is 30.3 Å². The van der Waals surface area contributed by atoms with Crippen LogP contribution in [0.2, 0.25) is 0 Å². The highest BCUT2D eigenvalue weighted by atomic mass is 79.9. The number of nitrogens with one attached hydrogen (secondary N) is 1. The maximum atomic E-state index is 13.2. The Morgan fingerprint density at radius 1 is 1.12 bits per heavy atom. The third kappa shape index (κ3) is 5.31. The zero-order valence-electron chi connectivity index (χ0n) is 17.2. The summed E-state index contributed by atoms with van der Waals surface area (Å²) in [7, 11) is 1.47. The second kappa shape index (κ2) is 10.3. The Morgan fingerprint density at radius 2 is 1.85 bits per heavy atom.